The molecule has 2 aliphatic rings. The summed E-state index contributed by atoms with van der Waals surface area (Å²) in [6.45, 7) is 13.7. The van der Waals surface area contributed by atoms with Gasteiger partial charge >= 0.3 is 0 Å². The Morgan fingerprint density at radius 2 is 2.11 bits per heavy atom. The summed E-state index contributed by atoms with van der Waals surface area (Å²) in [6.07, 6.45) is 3.66. The minimum absolute atomic E-state index is 0.0655. The van der Waals surface area contributed by atoms with Crippen molar-refractivity contribution in [3.05, 3.63) is 0 Å². The van der Waals surface area contributed by atoms with E-state index in [1.165, 1.54) is 38.9 Å². The van der Waals surface area contributed by atoms with Crippen LogP contribution in [0.15, 0.2) is 0 Å². The van der Waals surface area contributed by atoms with Crippen molar-refractivity contribution in [1.29, 1.82) is 0 Å². The minimum atomic E-state index is 0.0655. The molecule has 0 amide bonds. The van der Waals surface area contributed by atoms with E-state index >= 15 is 0 Å². The summed E-state index contributed by atoms with van der Waals surface area (Å²) in [5.74, 6) is 0.721. The molecule has 1 N–H and O–H groups in total. The lowest BCUT2D eigenvalue weighted by molar-refractivity contribution is -0.0836. The van der Waals surface area contributed by atoms with E-state index in [1.54, 1.807) is 0 Å². The molecule has 2 saturated heterocycles. The molecule has 0 aromatic rings. The third-order valence-corrected chi connectivity index (χ3v) is 4.45. The third-order valence-electron chi connectivity index (χ3n) is 4.45. The summed E-state index contributed by atoms with van der Waals surface area (Å²) in [5.41, 5.74) is 0.0655. The van der Waals surface area contributed by atoms with Crippen molar-refractivity contribution in [3.63, 3.8) is 0 Å². The van der Waals surface area contributed by atoms with Crippen LogP contribution in [-0.2, 0) is 4.74 Å². The van der Waals surface area contributed by atoms with Gasteiger partial charge in [-0.05, 0) is 52.1 Å². The Hall–Kier alpha value is -0.120. The third kappa shape index (κ3) is 3.69. The molecule has 2 atom stereocenters. The maximum Gasteiger partial charge on any atom is 0.0641 e. The van der Waals surface area contributed by atoms with Crippen LogP contribution in [0.5, 0.6) is 0 Å². The fourth-order valence-electron chi connectivity index (χ4n) is 3.27. The first-order valence-electron chi connectivity index (χ1n) is 7.59. The Morgan fingerprint density at radius 3 is 2.78 bits per heavy atom. The Labute approximate surface area is 112 Å². The second-order valence-corrected chi connectivity index (χ2v) is 6.91. The Morgan fingerprint density at radius 1 is 1.33 bits per heavy atom. The summed E-state index contributed by atoms with van der Waals surface area (Å²) >= 11 is 0. The predicted octanol–water partition coefficient (Wildman–Crippen LogP) is 2.26. The Balaban J connectivity index is 1.97. The smallest absolute Gasteiger partial charge is 0.0641 e. The summed E-state index contributed by atoms with van der Waals surface area (Å²) < 4.78 is 5.85. The van der Waals surface area contributed by atoms with Gasteiger partial charge in [-0.15, -0.1) is 0 Å². The van der Waals surface area contributed by atoms with Gasteiger partial charge in [-0.2, -0.15) is 0 Å². The molecule has 2 heterocycles. The zero-order valence-electron chi connectivity index (χ0n) is 12.5. The largest absolute Gasteiger partial charge is 0.375 e. The number of hydrogen-bond acceptors (Lipinski definition) is 3. The molecule has 2 unspecified atom stereocenters. The first kappa shape index (κ1) is 14.3. The van der Waals surface area contributed by atoms with Gasteiger partial charge in [0.05, 0.1) is 5.60 Å². The molecule has 2 aliphatic heterocycles. The highest BCUT2D eigenvalue weighted by atomic mass is 16.5. The minimum Gasteiger partial charge on any atom is -0.375 e. The summed E-state index contributed by atoms with van der Waals surface area (Å²) in [4.78, 5) is 2.72. The van der Waals surface area contributed by atoms with Crippen LogP contribution in [-0.4, -0.2) is 48.8 Å². The normalized spacial score (nSPS) is 34.5. The second-order valence-electron chi connectivity index (χ2n) is 6.91. The number of nitrogens with one attached hydrogen (secondary N) is 1. The van der Waals surface area contributed by atoms with E-state index in [2.05, 4.69) is 37.9 Å². The number of rotatable bonds is 2. The van der Waals surface area contributed by atoms with Gasteiger partial charge in [0.15, 0.2) is 0 Å². The van der Waals surface area contributed by atoms with E-state index in [4.69, 9.17) is 4.74 Å². The van der Waals surface area contributed by atoms with Crippen LogP contribution in [0.4, 0.5) is 0 Å². The summed E-state index contributed by atoms with van der Waals surface area (Å²) in [5, 5.41) is 3.70. The molecule has 0 aromatic carbocycles. The van der Waals surface area contributed by atoms with Gasteiger partial charge in [0.25, 0.3) is 0 Å². The molecule has 2 fully saturated rings. The first-order chi connectivity index (χ1) is 8.48. The molecule has 0 saturated carbocycles. The van der Waals surface area contributed by atoms with Crippen LogP contribution < -0.4 is 5.32 Å². The molecule has 0 aliphatic carbocycles. The monoisotopic (exact) mass is 254 g/mol. The molecule has 0 aromatic heterocycles. The Kier molecular flexibility index (Phi) is 4.68. The van der Waals surface area contributed by atoms with Gasteiger partial charge < -0.3 is 10.1 Å². The van der Waals surface area contributed by atoms with E-state index in [-0.39, 0.29) is 5.60 Å². The molecule has 0 bridgehead atoms. The van der Waals surface area contributed by atoms with Gasteiger partial charge in [0.2, 0.25) is 0 Å². The summed E-state index contributed by atoms with van der Waals surface area (Å²) in [7, 11) is 0. The summed E-state index contributed by atoms with van der Waals surface area (Å²) in [6, 6.07) is 1.37. The van der Waals surface area contributed by atoms with Crippen molar-refractivity contribution < 1.29 is 4.74 Å². The highest BCUT2D eigenvalue weighted by Gasteiger charge is 2.33. The van der Waals surface area contributed by atoms with Gasteiger partial charge in [0, 0.05) is 25.2 Å². The maximum atomic E-state index is 5.85. The van der Waals surface area contributed by atoms with Crippen LogP contribution in [0.3, 0.4) is 0 Å². The van der Waals surface area contributed by atoms with Crippen molar-refractivity contribution in [2.75, 3.05) is 26.2 Å². The topological polar surface area (TPSA) is 24.5 Å². The maximum absolute atomic E-state index is 5.85. The van der Waals surface area contributed by atoms with Crippen molar-refractivity contribution in [1.82, 2.24) is 10.2 Å². The van der Waals surface area contributed by atoms with Gasteiger partial charge in [-0.3, -0.25) is 4.90 Å². The highest BCUT2D eigenvalue weighted by molar-refractivity contribution is 4.88. The fraction of sp³-hybridized carbons (Fsp3) is 1.00. The van der Waals surface area contributed by atoms with Crippen LogP contribution in [0, 0.1) is 5.92 Å². The predicted molar refractivity (Wildman–Crippen MR) is 75.9 cm³/mol. The van der Waals surface area contributed by atoms with E-state index in [1.807, 2.05) is 0 Å². The molecule has 18 heavy (non-hydrogen) atoms. The van der Waals surface area contributed by atoms with E-state index < -0.39 is 0 Å². The van der Waals surface area contributed by atoms with Crippen molar-refractivity contribution >= 4 is 0 Å². The first-order valence-corrected chi connectivity index (χ1v) is 7.59. The second kappa shape index (κ2) is 5.89. The standard InChI is InChI=1S/C15H30N2O/c1-12(2)14-11-17(8-5-7-16-14)13-6-9-18-15(3,4)10-13/h12-14,16H,5-11H2,1-4H3. The average molecular weight is 254 g/mol. The molecular weight excluding hydrogens is 224 g/mol. The number of hydrogen-bond donors (Lipinski definition) is 1. The molecule has 0 radical (unpaired) electrons. The van der Waals surface area contributed by atoms with Crippen LogP contribution >= 0.6 is 0 Å². The lowest BCUT2D eigenvalue weighted by Gasteiger charge is -2.42. The zero-order chi connectivity index (χ0) is 13.2. The SMILES string of the molecule is CC(C)C1CN(C2CCOC(C)(C)C2)CCCN1. The number of nitrogens with zero attached hydrogens (tertiary/aromatic N) is 1. The van der Waals surface area contributed by atoms with E-state index in [9.17, 15) is 0 Å². The molecule has 106 valence electrons. The molecule has 0 spiro atoms. The molecular formula is C15H30N2O. The number of ether oxygens (including phenoxy) is 1. The van der Waals surface area contributed by atoms with E-state index in [0.717, 1.165) is 18.6 Å². The molecule has 2 rings (SSSR count). The fourth-order valence-corrected chi connectivity index (χ4v) is 3.27. The van der Waals surface area contributed by atoms with E-state index in [0.29, 0.717) is 6.04 Å². The van der Waals surface area contributed by atoms with Gasteiger partial charge in [-0.1, -0.05) is 13.8 Å². The highest BCUT2D eigenvalue weighted by Crippen LogP contribution is 2.28. The quantitative estimate of drug-likeness (QED) is 0.818. The van der Waals surface area contributed by atoms with Crippen LogP contribution in [0.2, 0.25) is 0 Å². The molecule has 3 heteroatoms. The van der Waals surface area contributed by atoms with Crippen molar-refractivity contribution in [2.45, 2.75) is 64.6 Å². The van der Waals surface area contributed by atoms with Gasteiger partial charge in [0.1, 0.15) is 0 Å². The lowest BCUT2D eigenvalue weighted by atomic mass is 9.92. The van der Waals surface area contributed by atoms with Gasteiger partial charge in [-0.25, -0.2) is 0 Å². The van der Waals surface area contributed by atoms with Crippen molar-refractivity contribution in [2.24, 2.45) is 5.92 Å². The average Bonchev–Trinajstić information content (AvgIpc) is 2.53. The molecule has 3 nitrogen and oxygen atoms in total. The van der Waals surface area contributed by atoms with Crippen LogP contribution in [0.1, 0.15) is 47.0 Å². The van der Waals surface area contributed by atoms with Crippen molar-refractivity contribution in [3.8, 4) is 0 Å². The zero-order valence-corrected chi connectivity index (χ0v) is 12.5. The van der Waals surface area contributed by atoms with Crippen LogP contribution in [0.25, 0.3) is 0 Å². The lowest BCUT2D eigenvalue weighted by Crippen LogP contribution is -2.50. The Bertz CT molecular complexity index is 265.